The first kappa shape index (κ1) is 20.9. The molecule has 0 aromatic heterocycles. The predicted molar refractivity (Wildman–Crippen MR) is 126 cm³/mol. The van der Waals surface area contributed by atoms with Gasteiger partial charge in [0.1, 0.15) is 6.04 Å². The van der Waals surface area contributed by atoms with Gasteiger partial charge in [0.05, 0.1) is 34.7 Å². The minimum Gasteiger partial charge on any atom is -0.292 e. The molecule has 0 N–H and O–H groups in total. The van der Waals surface area contributed by atoms with E-state index in [1.54, 1.807) is 41.6 Å². The first-order valence-corrected chi connectivity index (χ1v) is 11.1. The lowest BCUT2D eigenvalue weighted by molar-refractivity contribution is -0.384. The molecule has 0 saturated carbocycles. The standard InChI is InChI=1S/C26H18N4O5/c31-24(15-6-2-1-3-7-15)23-21-20(22-19-9-5-4-8-16(19)14-27-29(22)23)25(32)28(26(21)33)17-10-12-18(13-11-17)30(34)35/h1-14,20-23H/t20-,21+,22-,23-/m0/s1. The first-order chi connectivity index (χ1) is 17.0. The first-order valence-electron chi connectivity index (χ1n) is 11.1. The van der Waals surface area contributed by atoms with Crippen molar-refractivity contribution >= 4 is 35.2 Å². The molecule has 3 aliphatic rings. The Kier molecular flexibility index (Phi) is 4.60. The molecule has 2 amide bonds. The molecule has 3 aromatic rings. The van der Waals surface area contributed by atoms with Gasteiger partial charge in [0, 0.05) is 17.7 Å². The van der Waals surface area contributed by atoms with Crippen LogP contribution in [0.4, 0.5) is 11.4 Å². The molecule has 0 spiro atoms. The maximum atomic E-state index is 13.8. The van der Waals surface area contributed by atoms with Crippen LogP contribution in [0.5, 0.6) is 0 Å². The average Bonchev–Trinajstić information content (AvgIpc) is 3.36. The van der Waals surface area contributed by atoms with Crippen LogP contribution in [0.3, 0.4) is 0 Å². The van der Waals surface area contributed by atoms with Crippen molar-refractivity contribution < 1.29 is 19.3 Å². The normalized spacial score (nSPS) is 24.2. The summed E-state index contributed by atoms with van der Waals surface area (Å²) in [6, 6.07) is 19.9. The van der Waals surface area contributed by atoms with Crippen molar-refractivity contribution in [3.05, 3.63) is 106 Å². The predicted octanol–water partition coefficient (Wildman–Crippen LogP) is 3.36. The van der Waals surface area contributed by atoms with Crippen molar-refractivity contribution in [3.63, 3.8) is 0 Å². The van der Waals surface area contributed by atoms with Gasteiger partial charge in [0.25, 0.3) is 5.69 Å². The molecule has 0 bridgehead atoms. The molecule has 0 radical (unpaired) electrons. The van der Waals surface area contributed by atoms with Crippen molar-refractivity contribution in [1.82, 2.24) is 5.01 Å². The Morgan fingerprint density at radius 2 is 1.51 bits per heavy atom. The van der Waals surface area contributed by atoms with Gasteiger partial charge < -0.3 is 0 Å². The number of ketones is 1. The number of rotatable bonds is 4. The molecular formula is C26H18N4O5. The third-order valence-electron chi connectivity index (χ3n) is 6.94. The molecule has 4 atom stereocenters. The van der Waals surface area contributed by atoms with Crippen molar-refractivity contribution in [2.24, 2.45) is 16.9 Å². The molecule has 3 aromatic carbocycles. The largest absolute Gasteiger partial charge is 0.292 e. The molecule has 2 saturated heterocycles. The van der Waals surface area contributed by atoms with E-state index >= 15 is 0 Å². The molecule has 9 nitrogen and oxygen atoms in total. The second kappa shape index (κ2) is 7.69. The highest BCUT2D eigenvalue weighted by Crippen LogP contribution is 2.53. The molecule has 9 heteroatoms. The van der Waals surface area contributed by atoms with Gasteiger partial charge in [-0.2, -0.15) is 5.10 Å². The number of hydrogen-bond acceptors (Lipinski definition) is 7. The second-order valence-corrected chi connectivity index (χ2v) is 8.71. The van der Waals surface area contributed by atoms with Crippen molar-refractivity contribution in [2.45, 2.75) is 12.1 Å². The van der Waals surface area contributed by atoms with Crippen molar-refractivity contribution in [3.8, 4) is 0 Å². The van der Waals surface area contributed by atoms with Crippen LogP contribution >= 0.6 is 0 Å². The van der Waals surface area contributed by atoms with Gasteiger partial charge >= 0.3 is 0 Å². The number of imide groups is 1. The molecule has 2 fully saturated rings. The van der Waals surface area contributed by atoms with Gasteiger partial charge in [-0.15, -0.1) is 0 Å². The summed E-state index contributed by atoms with van der Waals surface area (Å²) in [4.78, 5) is 52.8. The number of hydrogen-bond donors (Lipinski definition) is 0. The number of hydrazone groups is 1. The molecular weight excluding hydrogens is 448 g/mol. The molecule has 6 rings (SSSR count). The van der Waals surface area contributed by atoms with E-state index in [4.69, 9.17) is 0 Å². The highest BCUT2D eigenvalue weighted by Gasteiger charge is 2.65. The van der Waals surface area contributed by atoms with Crippen LogP contribution in [0.1, 0.15) is 27.5 Å². The van der Waals surface area contributed by atoms with Crippen LogP contribution in [0.25, 0.3) is 0 Å². The number of non-ortho nitro benzene ring substituents is 1. The van der Waals surface area contributed by atoms with E-state index in [-0.39, 0.29) is 17.2 Å². The highest BCUT2D eigenvalue weighted by molar-refractivity contribution is 6.24. The van der Waals surface area contributed by atoms with E-state index in [1.165, 1.54) is 24.3 Å². The number of fused-ring (bicyclic) bond motifs is 5. The molecule has 0 unspecified atom stereocenters. The van der Waals surface area contributed by atoms with Crippen LogP contribution in [0.2, 0.25) is 0 Å². The monoisotopic (exact) mass is 466 g/mol. The quantitative estimate of drug-likeness (QED) is 0.252. The number of nitro groups is 1. The molecule has 3 heterocycles. The van der Waals surface area contributed by atoms with Crippen LogP contribution in [-0.4, -0.2) is 39.8 Å². The van der Waals surface area contributed by atoms with Gasteiger partial charge in [-0.05, 0) is 23.3 Å². The summed E-state index contributed by atoms with van der Waals surface area (Å²) in [5, 5.41) is 17.2. The summed E-state index contributed by atoms with van der Waals surface area (Å²) in [5.41, 5.74) is 2.18. The fourth-order valence-corrected chi connectivity index (χ4v) is 5.42. The summed E-state index contributed by atoms with van der Waals surface area (Å²) < 4.78 is 0. The number of Topliss-reactive ketones (excluding diaryl/α,β-unsaturated/α-hetero) is 1. The Balaban J connectivity index is 1.47. The SMILES string of the molecule is O=C(c1ccccc1)[C@@H]1[C@@H]2C(=O)N(c3ccc([N+](=O)[O-])cc3)C(=O)[C@@H]2[C@@H]2c3ccccc3C=NN12. The van der Waals surface area contributed by atoms with Crippen molar-refractivity contribution in [1.29, 1.82) is 0 Å². The van der Waals surface area contributed by atoms with Gasteiger partial charge in [0.2, 0.25) is 11.8 Å². The zero-order valence-electron chi connectivity index (χ0n) is 18.2. The summed E-state index contributed by atoms with van der Waals surface area (Å²) in [6.07, 6.45) is 1.65. The summed E-state index contributed by atoms with van der Waals surface area (Å²) >= 11 is 0. The minimum atomic E-state index is -0.962. The van der Waals surface area contributed by atoms with Crippen LogP contribution in [0, 0.1) is 22.0 Å². The molecule has 172 valence electrons. The van der Waals surface area contributed by atoms with Crippen LogP contribution < -0.4 is 4.90 Å². The van der Waals surface area contributed by atoms with Crippen molar-refractivity contribution in [2.75, 3.05) is 4.90 Å². The number of benzene rings is 3. The Bertz CT molecular complexity index is 1420. The third-order valence-corrected chi connectivity index (χ3v) is 6.94. The number of nitrogens with zero attached hydrogens (tertiary/aromatic N) is 4. The van der Waals surface area contributed by atoms with Gasteiger partial charge in [-0.3, -0.25) is 29.5 Å². The van der Waals surface area contributed by atoms with E-state index in [9.17, 15) is 24.5 Å². The van der Waals surface area contributed by atoms with E-state index in [0.29, 0.717) is 5.56 Å². The van der Waals surface area contributed by atoms with Crippen LogP contribution in [0.15, 0.2) is 84.0 Å². The maximum absolute atomic E-state index is 13.8. The number of carbonyl (C=O) groups is 3. The third kappa shape index (κ3) is 3.01. The van der Waals surface area contributed by atoms with Gasteiger partial charge in [-0.25, -0.2) is 4.90 Å². The Labute approximate surface area is 199 Å². The lowest BCUT2D eigenvalue weighted by Crippen LogP contribution is -2.44. The fourth-order valence-electron chi connectivity index (χ4n) is 5.42. The van der Waals surface area contributed by atoms with Crippen LogP contribution in [-0.2, 0) is 9.59 Å². The Morgan fingerprint density at radius 3 is 2.23 bits per heavy atom. The van der Waals surface area contributed by atoms with E-state index in [0.717, 1.165) is 16.0 Å². The number of amides is 2. The van der Waals surface area contributed by atoms with E-state index < -0.39 is 40.7 Å². The summed E-state index contributed by atoms with van der Waals surface area (Å²) in [5.74, 6) is -3.01. The highest BCUT2D eigenvalue weighted by atomic mass is 16.6. The zero-order valence-corrected chi connectivity index (χ0v) is 18.2. The van der Waals surface area contributed by atoms with Gasteiger partial charge in [-0.1, -0.05) is 54.6 Å². The number of carbonyl (C=O) groups excluding carboxylic acids is 3. The second-order valence-electron chi connectivity index (χ2n) is 8.71. The minimum absolute atomic E-state index is 0.146. The molecule has 0 aliphatic carbocycles. The topological polar surface area (TPSA) is 113 Å². The lowest BCUT2D eigenvalue weighted by Gasteiger charge is -2.33. The Hall–Kier alpha value is -4.66. The molecule has 3 aliphatic heterocycles. The fraction of sp³-hybridized carbons (Fsp3) is 0.154. The summed E-state index contributed by atoms with van der Waals surface area (Å²) in [6.45, 7) is 0. The smallest absolute Gasteiger partial charge is 0.269 e. The summed E-state index contributed by atoms with van der Waals surface area (Å²) in [7, 11) is 0. The lowest BCUT2D eigenvalue weighted by atomic mass is 9.83. The van der Waals surface area contributed by atoms with Gasteiger partial charge in [0.15, 0.2) is 5.78 Å². The van der Waals surface area contributed by atoms with E-state index in [2.05, 4.69) is 5.10 Å². The Morgan fingerprint density at radius 1 is 0.857 bits per heavy atom. The number of nitro benzene ring substituents is 1. The zero-order chi connectivity index (χ0) is 24.3. The van der Waals surface area contributed by atoms with E-state index in [1.807, 2.05) is 24.3 Å². The maximum Gasteiger partial charge on any atom is 0.269 e. The molecule has 35 heavy (non-hydrogen) atoms. The number of anilines is 1. The average molecular weight is 466 g/mol.